The van der Waals surface area contributed by atoms with E-state index >= 15 is 22.0 Å². The number of carbonyl (C=O) groups excluding carboxylic acids is 1. The number of nitrogen functional groups attached to an aromatic ring is 1. The van der Waals surface area contributed by atoms with Crippen molar-refractivity contribution in [2.24, 2.45) is 5.92 Å². The molecule has 8 rings (SSSR count). The van der Waals surface area contributed by atoms with E-state index < -0.39 is 46.2 Å². The predicted molar refractivity (Wildman–Crippen MR) is 188 cm³/mol. The number of aromatic nitrogens is 2. The Balaban J connectivity index is 1.33. The van der Waals surface area contributed by atoms with Gasteiger partial charge in [0.15, 0.2) is 5.82 Å². The van der Waals surface area contributed by atoms with Gasteiger partial charge in [-0.15, -0.1) is 11.3 Å². The third-order valence-corrected chi connectivity index (χ3v) is 12.6. The Kier molecular flexibility index (Phi) is 8.68. The van der Waals surface area contributed by atoms with Gasteiger partial charge in [-0.05, 0) is 70.2 Å². The van der Waals surface area contributed by atoms with E-state index in [0.717, 1.165) is 37.5 Å². The molecule has 3 saturated heterocycles. The van der Waals surface area contributed by atoms with Gasteiger partial charge >= 0.3 is 12.2 Å². The normalized spacial score (nSPS) is 24.7. The number of ether oxygens (including phenoxy) is 1. The molecule has 0 unspecified atom stereocenters. The Bertz CT molecular complexity index is 2190. The summed E-state index contributed by atoms with van der Waals surface area (Å²) in [6.45, 7) is 5.32. The molecule has 1 saturated carbocycles. The topological polar surface area (TPSA) is 112 Å². The Morgan fingerprint density at radius 1 is 1.21 bits per heavy atom. The minimum absolute atomic E-state index is 0.00154. The minimum Gasteiger partial charge on any atom is -0.461 e. The van der Waals surface area contributed by atoms with Gasteiger partial charge in [0, 0.05) is 54.4 Å². The highest BCUT2D eigenvalue weighted by atomic mass is 32.1. The summed E-state index contributed by atoms with van der Waals surface area (Å²) in [7, 11) is 0. The molecule has 4 fully saturated rings. The van der Waals surface area contributed by atoms with Gasteiger partial charge in [0.25, 0.3) is 0 Å². The zero-order chi connectivity index (χ0) is 37.6. The fraction of sp³-hybridized carbons (Fsp3) is 0.514. The van der Waals surface area contributed by atoms with Gasteiger partial charge in [-0.2, -0.15) is 28.4 Å². The molecule has 4 atom stereocenters. The molecule has 1 amide bonds. The van der Waals surface area contributed by atoms with Crippen molar-refractivity contribution in [2.45, 2.75) is 82.3 Å². The number of likely N-dealkylation sites (N-methyl/N-ethyl adjacent to an activating group) is 1. The van der Waals surface area contributed by atoms with E-state index in [2.05, 4.69) is 9.97 Å². The average molecular weight is 758 g/mol. The molecule has 0 radical (unpaired) electrons. The number of likely N-dealkylation sites (tertiary alicyclic amines) is 1. The fourth-order valence-corrected chi connectivity index (χ4v) is 9.82. The first-order valence-electron chi connectivity index (χ1n) is 17.9. The Hall–Kier alpha value is -4.36. The van der Waals surface area contributed by atoms with Crippen molar-refractivity contribution in [3.05, 3.63) is 41.0 Å². The number of amides is 1. The van der Waals surface area contributed by atoms with Crippen LogP contribution < -0.4 is 15.4 Å². The maximum atomic E-state index is 17.3. The number of nitrogens with two attached hydrogens (primary N) is 1. The summed E-state index contributed by atoms with van der Waals surface area (Å²) in [4.78, 5) is 27.8. The van der Waals surface area contributed by atoms with Crippen molar-refractivity contribution in [3.8, 4) is 23.2 Å². The molecule has 1 aliphatic carbocycles. The first kappa shape index (κ1) is 35.7. The zero-order valence-electron chi connectivity index (χ0n) is 29.1. The molecule has 53 heavy (non-hydrogen) atoms. The molecule has 3 aliphatic heterocycles. The van der Waals surface area contributed by atoms with Crippen molar-refractivity contribution < 1.29 is 35.9 Å². The molecule has 0 spiro atoms. The summed E-state index contributed by atoms with van der Waals surface area (Å²) in [6, 6.07) is 3.56. The summed E-state index contributed by atoms with van der Waals surface area (Å²) in [5.74, 6) is -2.17. The molecule has 2 aromatic carbocycles. The van der Waals surface area contributed by atoms with E-state index in [0.29, 0.717) is 37.3 Å². The van der Waals surface area contributed by atoms with E-state index in [1.165, 1.54) is 0 Å². The summed E-state index contributed by atoms with van der Waals surface area (Å²) in [5.41, 5.74) is 1.97. The third-order valence-electron chi connectivity index (χ3n) is 11.6. The van der Waals surface area contributed by atoms with Crippen LogP contribution in [0.25, 0.3) is 32.1 Å². The number of alkyl halides is 4. The van der Waals surface area contributed by atoms with Crippen LogP contribution in [-0.2, 0) is 11.0 Å². The van der Waals surface area contributed by atoms with E-state index in [9.17, 15) is 14.4 Å². The zero-order valence-corrected chi connectivity index (χ0v) is 29.9. The molecular weight excluding hydrogens is 721 g/mol. The molecule has 9 nitrogen and oxygen atoms in total. The van der Waals surface area contributed by atoms with E-state index in [4.69, 9.17) is 10.5 Å². The molecule has 5 heterocycles. The van der Waals surface area contributed by atoms with Crippen LogP contribution in [-0.4, -0.2) is 82.3 Å². The molecule has 4 aromatic rings. The van der Waals surface area contributed by atoms with Crippen molar-refractivity contribution >= 4 is 49.1 Å². The predicted octanol–water partition coefficient (Wildman–Crippen LogP) is 7.44. The van der Waals surface area contributed by atoms with Crippen molar-refractivity contribution in [3.63, 3.8) is 0 Å². The second-order valence-corrected chi connectivity index (χ2v) is 15.7. The number of carbonyl (C=O) groups is 1. The van der Waals surface area contributed by atoms with Gasteiger partial charge in [0.2, 0.25) is 5.91 Å². The first-order valence-corrected chi connectivity index (χ1v) is 18.7. The van der Waals surface area contributed by atoms with Crippen LogP contribution in [0.5, 0.6) is 6.01 Å². The van der Waals surface area contributed by atoms with Gasteiger partial charge in [-0.3, -0.25) is 9.69 Å². The van der Waals surface area contributed by atoms with Crippen LogP contribution in [0.1, 0.15) is 63.5 Å². The maximum absolute atomic E-state index is 17.3. The van der Waals surface area contributed by atoms with Crippen LogP contribution in [0.4, 0.5) is 37.2 Å². The van der Waals surface area contributed by atoms with Crippen LogP contribution in [0, 0.1) is 28.9 Å². The minimum atomic E-state index is -5.12. The number of rotatable bonds is 8. The Labute approximate surface area is 305 Å². The highest BCUT2D eigenvalue weighted by Gasteiger charge is 2.50. The Morgan fingerprint density at radius 2 is 1.98 bits per heavy atom. The molecule has 2 N–H and O–H groups in total. The van der Waals surface area contributed by atoms with Crippen molar-refractivity contribution in [1.29, 1.82) is 5.26 Å². The summed E-state index contributed by atoms with van der Waals surface area (Å²) < 4.78 is 98.4. The number of hydrogen-bond acceptors (Lipinski definition) is 9. The lowest BCUT2D eigenvalue weighted by Crippen LogP contribution is -2.46. The molecular formula is C37H37F6N7O2S. The number of nitriles is 1. The number of halogens is 6. The van der Waals surface area contributed by atoms with Crippen LogP contribution >= 0.6 is 11.3 Å². The summed E-state index contributed by atoms with van der Waals surface area (Å²) in [6.07, 6.45) is -2.29. The summed E-state index contributed by atoms with van der Waals surface area (Å²) in [5, 5.41) is 9.30. The second-order valence-electron chi connectivity index (χ2n) is 14.6. The smallest absolute Gasteiger partial charge is 0.417 e. The molecule has 2 aromatic heterocycles. The van der Waals surface area contributed by atoms with Crippen LogP contribution in [0.3, 0.4) is 0 Å². The van der Waals surface area contributed by atoms with Crippen LogP contribution in [0.15, 0.2) is 18.2 Å². The molecule has 4 aliphatic rings. The summed E-state index contributed by atoms with van der Waals surface area (Å²) >= 11 is 0.687. The van der Waals surface area contributed by atoms with Gasteiger partial charge in [0.1, 0.15) is 41.0 Å². The quantitative estimate of drug-likeness (QED) is 0.185. The van der Waals surface area contributed by atoms with Gasteiger partial charge in [-0.1, -0.05) is 6.07 Å². The molecule has 0 bridgehead atoms. The molecule has 280 valence electrons. The maximum Gasteiger partial charge on any atom is 0.417 e. The number of fused-ring (bicyclic) bond motifs is 3. The van der Waals surface area contributed by atoms with Crippen LogP contribution in [0.2, 0.25) is 0 Å². The second kappa shape index (κ2) is 12.9. The number of anilines is 2. The largest absolute Gasteiger partial charge is 0.461 e. The standard InChI is InChI=1S/C37H37F6N7O2S/c1-3-49(26-9-12-50(18(26)2)34(51)19-5-6-19)33-22-13-24(37(41,42)43)28(21-7-8-25(39)31-27(21)23(15-44)32(45)53-31)29(40)30(22)46-35(47-33)52-17-36-10-4-11-48(36)16-20(38)14-36/h7-8,13,18-20,26H,3-6,9-12,14,16-17,45H2,1-2H3/t18-,20-,26-,36+/m1/s1. The number of hydrogen-bond donors (Lipinski definition) is 1. The van der Waals surface area contributed by atoms with E-state index in [-0.39, 0.29) is 93.5 Å². The van der Waals surface area contributed by atoms with Crippen molar-refractivity contribution in [1.82, 2.24) is 19.8 Å². The highest BCUT2D eigenvalue weighted by Crippen LogP contribution is 2.49. The SMILES string of the molecule is CCN(c1nc(OC[C@@]23CCCN2C[C@H](F)C3)nc2c(F)c(-c3ccc(F)c4sc(N)c(C#N)c34)c(C(F)(F)F)cc12)[C@@H]1CCN(C(=O)C2CC2)[C@@H]1C. The third kappa shape index (κ3) is 5.81. The van der Waals surface area contributed by atoms with Crippen molar-refractivity contribution in [2.75, 3.05) is 43.4 Å². The Morgan fingerprint density at radius 3 is 2.68 bits per heavy atom. The number of thiophene rings is 1. The monoisotopic (exact) mass is 757 g/mol. The fourth-order valence-electron chi connectivity index (χ4n) is 8.87. The first-order chi connectivity index (χ1) is 25.3. The van der Waals surface area contributed by atoms with Gasteiger partial charge in [-0.25, -0.2) is 13.2 Å². The number of benzene rings is 2. The lowest BCUT2D eigenvalue weighted by atomic mass is 9.92. The average Bonchev–Trinajstić information content (AvgIpc) is 3.52. The van der Waals surface area contributed by atoms with E-state index in [1.54, 1.807) is 16.7 Å². The highest BCUT2D eigenvalue weighted by molar-refractivity contribution is 7.23. The number of nitrogens with zero attached hydrogens (tertiary/aromatic N) is 6. The van der Waals surface area contributed by atoms with Gasteiger partial charge < -0.3 is 20.3 Å². The van der Waals surface area contributed by atoms with Gasteiger partial charge in [0.05, 0.1) is 27.4 Å². The lowest BCUT2D eigenvalue weighted by Gasteiger charge is -2.35. The molecule has 16 heteroatoms. The van der Waals surface area contributed by atoms with E-state index in [1.807, 2.05) is 17.9 Å². The lowest BCUT2D eigenvalue weighted by molar-refractivity contribution is -0.137.